The van der Waals surface area contributed by atoms with Crippen LogP contribution in [0.3, 0.4) is 0 Å². The first-order chi connectivity index (χ1) is 11.1. The van der Waals surface area contributed by atoms with Gasteiger partial charge < -0.3 is 15.0 Å². The molecule has 1 aliphatic rings. The van der Waals surface area contributed by atoms with E-state index in [1.54, 1.807) is 29.2 Å². The summed E-state index contributed by atoms with van der Waals surface area (Å²) in [6, 6.07) is 7.10. The first-order valence-corrected chi connectivity index (χ1v) is 8.13. The van der Waals surface area contributed by atoms with Gasteiger partial charge in [0, 0.05) is 37.4 Å². The molecule has 6 heteroatoms. The van der Waals surface area contributed by atoms with Crippen molar-refractivity contribution in [3.8, 4) is 0 Å². The maximum Gasteiger partial charge on any atom is 0.253 e. The van der Waals surface area contributed by atoms with Crippen LogP contribution < -0.4 is 5.32 Å². The highest BCUT2D eigenvalue weighted by molar-refractivity contribution is 5.97. The van der Waals surface area contributed by atoms with E-state index in [0.717, 1.165) is 13.1 Å². The molecule has 1 aromatic carbocycles. The van der Waals surface area contributed by atoms with E-state index in [9.17, 15) is 9.59 Å². The van der Waals surface area contributed by atoms with Gasteiger partial charge in [0.25, 0.3) is 5.91 Å². The fourth-order valence-electron chi connectivity index (χ4n) is 2.59. The van der Waals surface area contributed by atoms with Crippen LogP contribution in [0.4, 0.5) is 5.69 Å². The van der Waals surface area contributed by atoms with Crippen LogP contribution in [0.15, 0.2) is 24.3 Å². The van der Waals surface area contributed by atoms with Gasteiger partial charge in [0.1, 0.15) is 0 Å². The lowest BCUT2D eigenvalue weighted by atomic mass is 10.1. The third kappa shape index (κ3) is 5.04. The molecule has 0 atom stereocenters. The largest absolute Gasteiger partial charge is 0.379 e. The van der Waals surface area contributed by atoms with E-state index in [-0.39, 0.29) is 11.8 Å². The summed E-state index contributed by atoms with van der Waals surface area (Å²) in [5, 5.41) is 2.87. The number of rotatable bonds is 6. The molecule has 0 aliphatic carbocycles. The molecule has 0 radical (unpaired) electrons. The van der Waals surface area contributed by atoms with Gasteiger partial charge in [-0.2, -0.15) is 0 Å². The van der Waals surface area contributed by atoms with Crippen LogP contribution in [0.25, 0.3) is 0 Å². The minimum Gasteiger partial charge on any atom is -0.379 e. The van der Waals surface area contributed by atoms with Gasteiger partial charge >= 0.3 is 0 Å². The maximum absolute atomic E-state index is 12.4. The van der Waals surface area contributed by atoms with E-state index >= 15 is 0 Å². The van der Waals surface area contributed by atoms with E-state index in [4.69, 9.17) is 4.74 Å². The second kappa shape index (κ2) is 8.64. The highest BCUT2D eigenvalue weighted by Crippen LogP contribution is 2.13. The van der Waals surface area contributed by atoms with Gasteiger partial charge in [0.05, 0.1) is 19.8 Å². The molecule has 126 valence electrons. The molecule has 1 fully saturated rings. The van der Waals surface area contributed by atoms with Crippen molar-refractivity contribution in [1.29, 1.82) is 0 Å². The van der Waals surface area contributed by atoms with Gasteiger partial charge in [-0.1, -0.05) is 6.07 Å². The first-order valence-electron chi connectivity index (χ1n) is 8.13. The van der Waals surface area contributed by atoms with Crippen LogP contribution in [0, 0.1) is 0 Å². The highest BCUT2D eigenvalue weighted by atomic mass is 16.5. The van der Waals surface area contributed by atoms with E-state index in [1.165, 1.54) is 0 Å². The van der Waals surface area contributed by atoms with Crippen molar-refractivity contribution >= 4 is 17.5 Å². The average molecular weight is 319 g/mol. The molecule has 0 saturated carbocycles. The molecule has 0 unspecified atom stereocenters. The van der Waals surface area contributed by atoms with Crippen LogP contribution >= 0.6 is 0 Å². The molecule has 0 bridgehead atoms. The number of nitrogens with zero attached hydrogens (tertiary/aromatic N) is 2. The van der Waals surface area contributed by atoms with E-state index in [2.05, 4.69) is 10.2 Å². The number of benzene rings is 1. The highest BCUT2D eigenvalue weighted by Gasteiger charge is 2.16. The predicted molar refractivity (Wildman–Crippen MR) is 89.6 cm³/mol. The Kier molecular flexibility index (Phi) is 6.55. The molecular formula is C17H25N3O3. The van der Waals surface area contributed by atoms with Crippen LogP contribution in [-0.4, -0.2) is 67.6 Å². The number of nitrogens with one attached hydrogen (secondary N) is 1. The standard InChI is InChI=1S/C17H25N3O3/c1-3-20(4-2)17(22)14-6-5-7-15(12-14)18-16(21)13-19-8-10-23-11-9-19/h5-7,12H,3-4,8-11,13H2,1-2H3,(H,18,21). The number of hydrogen-bond acceptors (Lipinski definition) is 4. The van der Waals surface area contributed by atoms with Gasteiger partial charge in [-0.3, -0.25) is 14.5 Å². The topological polar surface area (TPSA) is 61.9 Å². The molecule has 23 heavy (non-hydrogen) atoms. The van der Waals surface area contributed by atoms with Crippen molar-refractivity contribution in [2.45, 2.75) is 13.8 Å². The third-order valence-electron chi connectivity index (χ3n) is 3.91. The lowest BCUT2D eigenvalue weighted by Gasteiger charge is -2.25. The Hall–Kier alpha value is -1.92. The number of morpholine rings is 1. The average Bonchev–Trinajstić information content (AvgIpc) is 2.57. The number of carbonyl (C=O) groups is 2. The summed E-state index contributed by atoms with van der Waals surface area (Å²) in [4.78, 5) is 28.3. The molecule has 1 heterocycles. The van der Waals surface area contributed by atoms with Crippen LogP contribution in [0.5, 0.6) is 0 Å². The Morgan fingerprint density at radius 3 is 2.57 bits per heavy atom. The molecule has 1 saturated heterocycles. The van der Waals surface area contributed by atoms with Crippen LogP contribution in [0.1, 0.15) is 24.2 Å². The lowest BCUT2D eigenvalue weighted by Crippen LogP contribution is -2.41. The molecule has 1 aromatic rings. The minimum atomic E-state index is -0.0701. The van der Waals surface area contributed by atoms with Crippen molar-refractivity contribution < 1.29 is 14.3 Å². The van der Waals surface area contributed by atoms with Gasteiger partial charge in [-0.25, -0.2) is 0 Å². The normalized spacial score (nSPS) is 15.2. The summed E-state index contributed by atoms with van der Waals surface area (Å²) < 4.78 is 5.27. The molecule has 1 aliphatic heterocycles. The summed E-state index contributed by atoms with van der Waals surface area (Å²) >= 11 is 0. The zero-order valence-corrected chi connectivity index (χ0v) is 13.9. The number of anilines is 1. The summed E-state index contributed by atoms with van der Waals surface area (Å²) in [6.07, 6.45) is 0. The molecule has 0 spiro atoms. The quantitative estimate of drug-likeness (QED) is 0.862. The Bertz CT molecular complexity index is 538. The van der Waals surface area contributed by atoms with Gasteiger partial charge in [0.15, 0.2) is 0 Å². The molecule has 2 rings (SSSR count). The van der Waals surface area contributed by atoms with Gasteiger partial charge in [0.2, 0.25) is 5.91 Å². The molecular weight excluding hydrogens is 294 g/mol. The summed E-state index contributed by atoms with van der Waals surface area (Å²) in [7, 11) is 0. The van der Waals surface area contributed by atoms with Gasteiger partial charge in [-0.15, -0.1) is 0 Å². The SMILES string of the molecule is CCN(CC)C(=O)c1cccc(NC(=O)CN2CCOCC2)c1. The monoisotopic (exact) mass is 319 g/mol. The Balaban J connectivity index is 1.96. The fraction of sp³-hybridized carbons (Fsp3) is 0.529. The Morgan fingerprint density at radius 2 is 1.91 bits per heavy atom. The van der Waals surface area contributed by atoms with E-state index < -0.39 is 0 Å². The fourth-order valence-corrected chi connectivity index (χ4v) is 2.59. The van der Waals surface area contributed by atoms with E-state index in [0.29, 0.717) is 44.1 Å². The van der Waals surface area contributed by atoms with Gasteiger partial charge in [-0.05, 0) is 32.0 Å². The zero-order valence-electron chi connectivity index (χ0n) is 13.9. The van der Waals surface area contributed by atoms with Crippen molar-refractivity contribution in [3.63, 3.8) is 0 Å². The van der Waals surface area contributed by atoms with Crippen molar-refractivity contribution in [3.05, 3.63) is 29.8 Å². The molecule has 1 N–H and O–H groups in total. The molecule has 0 aromatic heterocycles. The molecule has 2 amide bonds. The van der Waals surface area contributed by atoms with Crippen LogP contribution in [-0.2, 0) is 9.53 Å². The molecule has 6 nitrogen and oxygen atoms in total. The second-order valence-electron chi connectivity index (χ2n) is 5.49. The Labute approximate surface area is 137 Å². The smallest absolute Gasteiger partial charge is 0.253 e. The first kappa shape index (κ1) is 17.4. The summed E-state index contributed by atoms with van der Waals surface area (Å²) in [5.41, 5.74) is 1.25. The van der Waals surface area contributed by atoms with Crippen molar-refractivity contribution in [2.75, 3.05) is 51.3 Å². The summed E-state index contributed by atoms with van der Waals surface area (Å²) in [6.45, 7) is 8.47. The number of hydrogen-bond donors (Lipinski definition) is 1. The lowest BCUT2D eigenvalue weighted by molar-refractivity contribution is -0.118. The number of ether oxygens (including phenoxy) is 1. The number of amides is 2. The predicted octanol–water partition coefficient (Wildman–Crippen LogP) is 1.44. The Morgan fingerprint density at radius 1 is 1.22 bits per heavy atom. The number of carbonyl (C=O) groups excluding carboxylic acids is 2. The third-order valence-corrected chi connectivity index (χ3v) is 3.91. The zero-order chi connectivity index (χ0) is 16.7. The maximum atomic E-state index is 12.4. The second-order valence-corrected chi connectivity index (χ2v) is 5.49. The van der Waals surface area contributed by atoms with Crippen LogP contribution in [0.2, 0.25) is 0 Å². The summed E-state index contributed by atoms with van der Waals surface area (Å²) in [5.74, 6) is -0.0846. The van der Waals surface area contributed by atoms with E-state index in [1.807, 2.05) is 13.8 Å². The van der Waals surface area contributed by atoms with Crippen molar-refractivity contribution in [1.82, 2.24) is 9.80 Å². The minimum absolute atomic E-state index is 0.0146. The van der Waals surface area contributed by atoms with Crippen molar-refractivity contribution in [2.24, 2.45) is 0 Å².